The van der Waals surface area contributed by atoms with Crippen LogP contribution in [0.3, 0.4) is 0 Å². The summed E-state index contributed by atoms with van der Waals surface area (Å²) in [6.45, 7) is 0.993. The summed E-state index contributed by atoms with van der Waals surface area (Å²) in [6, 6.07) is 4.43. The summed E-state index contributed by atoms with van der Waals surface area (Å²) >= 11 is 0. The van der Waals surface area contributed by atoms with Gasteiger partial charge in [-0.15, -0.1) is 0 Å². The fourth-order valence-electron chi connectivity index (χ4n) is 4.67. The van der Waals surface area contributed by atoms with Gasteiger partial charge in [0.2, 0.25) is 0 Å². The van der Waals surface area contributed by atoms with E-state index in [0.717, 1.165) is 48.0 Å². The Hall–Kier alpha value is -2.77. The van der Waals surface area contributed by atoms with Gasteiger partial charge in [-0.2, -0.15) is 10.4 Å². The van der Waals surface area contributed by atoms with Crippen LogP contribution in [-0.4, -0.2) is 58.6 Å². The number of rotatable bonds is 5. The van der Waals surface area contributed by atoms with E-state index in [1.807, 2.05) is 27.4 Å². The van der Waals surface area contributed by atoms with Crippen LogP contribution in [0.15, 0.2) is 35.3 Å². The number of aromatic nitrogens is 5. The molecule has 0 spiro atoms. The van der Waals surface area contributed by atoms with Crippen LogP contribution in [0.2, 0.25) is 0 Å². The second-order valence-electron chi connectivity index (χ2n) is 8.65. The topological polar surface area (TPSA) is 116 Å². The van der Waals surface area contributed by atoms with Crippen LogP contribution >= 0.6 is 0 Å². The van der Waals surface area contributed by atoms with Crippen molar-refractivity contribution in [3.8, 4) is 17.3 Å². The van der Waals surface area contributed by atoms with Crippen molar-refractivity contribution < 1.29 is 4.21 Å². The van der Waals surface area contributed by atoms with Crippen molar-refractivity contribution in [2.24, 2.45) is 4.36 Å². The number of hydrogen-bond donors (Lipinski definition) is 1. The molecule has 2 fully saturated rings. The van der Waals surface area contributed by atoms with Crippen LogP contribution in [-0.2, 0) is 15.5 Å². The number of nitriles is 1. The molecule has 1 atom stereocenters. The fraction of sp³-hybridized carbons (Fsp3) is 0.524. The van der Waals surface area contributed by atoms with Gasteiger partial charge in [-0.1, -0.05) is 19.3 Å². The van der Waals surface area contributed by atoms with Crippen molar-refractivity contribution in [3.63, 3.8) is 0 Å². The average molecular weight is 439 g/mol. The maximum Gasteiger partial charge on any atom is 0.141 e. The van der Waals surface area contributed by atoms with Crippen molar-refractivity contribution in [1.82, 2.24) is 29.0 Å². The Balaban J connectivity index is 1.40. The minimum Gasteiger partial charge on any atom is -0.346 e. The average Bonchev–Trinajstić information content (AvgIpc) is 3.40. The Morgan fingerprint density at radius 2 is 2.13 bits per heavy atom. The van der Waals surface area contributed by atoms with Gasteiger partial charge in [0.15, 0.2) is 0 Å². The molecule has 10 heteroatoms. The van der Waals surface area contributed by atoms with E-state index in [2.05, 4.69) is 26.1 Å². The van der Waals surface area contributed by atoms with E-state index in [4.69, 9.17) is 4.36 Å². The first kappa shape index (κ1) is 20.2. The summed E-state index contributed by atoms with van der Waals surface area (Å²) in [4.78, 5) is 11.8. The van der Waals surface area contributed by atoms with E-state index in [1.54, 1.807) is 12.5 Å². The monoisotopic (exact) mass is 438 g/mol. The molecule has 2 aliphatic rings. The first-order valence-electron chi connectivity index (χ1n) is 10.7. The summed E-state index contributed by atoms with van der Waals surface area (Å²) < 4.78 is 21.8. The highest BCUT2D eigenvalue weighted by atomic mass is 32.2. The Morgan fingerprint density at radius 3 is 2.90 bits per heavy atom. The van der Waals surface area contributed by atoms with Gasteiger partial charge in [0, 0.05) is 42.7 Å². The number of fused-ring (bicyclic) bond motifs is 1. The quantitative estimate of drug-likeness (QED) is 0.657. The van der Waals surface area contributed by atoms with Crippen molar-refractivity contribution in [3.05, 3.63) is 31.0 Å². The highest BCUT2D eigenvalue weighted by Crippen LogP contribution is 2.36. The molecule has 0 unspecified atom stereocenters. The van der Waals surface area contributed by atoms with Gasteiger partial charge in [-0.25, -0.2) is 22.8 Å². The van der Waals surface area contributed by atoms with Crippen molar-refractivity contribution in [2.75, 3.05) is 19.3 Å². The minimum absolute atomic E-state index is 0.190. The van der Waals surface area contributed by atoms with E-state index in [9.17, 15) is 9.47 Å². The molecule has 1 saturated carbocycles. The highest BCUT2D eigenvalue weighted by Gasteiger charge is 2.48. The predicted octanol–water partition coefficient (Wildman–Crippen LogP) is 3.09. The molecule has 1 aliphatic heterocycles. The van der Waals surface area contributed by atoms with E-state index in [1.165, 1.54) is 12.7 Å². The van der Waals surface area contributed by atoms with Crippen LogP contribution in [0, 0.1) is 11.3 Å². The normalized spacial score (nSPS) is 21.3. The molecule has 1 N–H and O–H groups in total. The van der Waals surface area contributed by atoms with Crippen molar-refractivity contribution >= 4 is 20.9 Å². The van der Waals surface area contributed by atoms with Crippen LogP contribution < -0.4 is 0 Å². The lowest BCUT2D eigenvalue weighted by atomic mass is 9.89. The number of aromatic amines is 1. The van der Waals surface area contributed by atoms with Crippen LogP contribution in [0.1, 0.15) is 38.5 Å². The molecule has 0 amide bonds. The molecular weight excluding hydrogens is 412 g/mol. The lowest BCUT2D eigenvalue weighted by molar-refractivity contribution is 0.0752. The zero-order valence-electron chi connectivity index (χ0n) is 17.6. The molecule has 0 radical (unpaired) electrons. The second kappa shape index (κ2) is 7.73. The summed E-state index contributed by atoms with van der Waals surface area (Å²) in [5, 5.41) is 15.0. The minimum atomic E-state index is -2.45. The Kier molecular flexibility index (Phi) is 5.02. The lowest BCUT2D eigenvalue weighted by Gasteiger charge is -2.49. The van der Waals surface area contributed by atoms with Gasteiger partial charge in [0.05, 0.1) is 30.4 Å². The summed E-state index contributed by atoms with van der Waals surface area (Å²) in [5.74, 6) is 0. The third kappa shape index (κ3) is 3.62. The lowest BCUT2D eigenvalue weighted by Crippen LogP contribution is -2.64. The predicted molar refractivity (Wildman–Crippen MR) is 118 cm³/mol. The SMILES string of the molecule is C[S@](=O)(=NC1CCCCC1)N1CC(CC#N)(n2cc(-c3ncnc4[nH]ccc34)cn2)C1. The molecule has 0 bridgehead atoms. The van der Waals surface area contributed by atoms with E-state index in [0.29, 0.717) is 19.5 Å². The van der Waals surface area contributed by atoms with E-state index in [-0.39, 0.29) is 6.04 Å². The maximum atomic E-state index is 13.3. The van der Waals surface area contributed by atoms with E-state index < -0.39 is 15.5 Å². The third-order valence-corrected chi connectivity index (χ3v) is 8.35. The second-order valence-corrected chi connectivity index (χ2v) is 10.9. The van der Waals surface area contributed by atoms with Crippen LogP contribution in [0.5, 0.6) is 0 Å². The fourth-order valence-corrected chi connectivity index (χ4v) is 6.53. The first-order valence-corrected chi connectivity index (χ1v) is 12.6. The number of H-pyrrole nitrogens is 1. The standard InChI is InChI=1S/C21H26N8OS/c1-31(30,27-17-5-3-2-4-6-17)28-13-21(14-28,8-9-22)29-12-16(11-26-29)19-18-7-10-23-20(18)25-15-24-19/h7,10-12,15,17H,2-6,8,13-14H2,1H3,(H,23,24,25)/t31-/m0/s1. The molecule has 3 aromatic heterocycles. The van der Waals surface area contributed by atoms with Crippen LogP contribution in [0.4, 0.5) is 0 Å². The van der Waals surface area contributed by atoms with E-state index >= 15 is 0 Å². The van der Waals surface area contributed by atoms with Gasteiger partial charge in [0.25, 0.3) is 0 Å². The summed E-state index contributed by atoms with van der Waals surface area (Å²) in [6.07, 6.45) is 14.7. The van der Waals surface area contributed by atoms with Crippen molar-refractivity contribution in [2.45, 2.75) is 50.1 Å². The Labute approximate surface area is 181 Å². The Bertz CT molecular complexity index is 1250. The first-order chi connectivity index (χ1) is 15.0. The van der Waals surface area contributed by atoms with Crippen LogP contribution in [0.25, 0.3) is 22.3 Å². The van der Waals surface area contributed by atoms with Crippen molar-refractivity contribution in [1.29, 1.82) is 5.26 Å². The molecule has 1 aliphatic carbocycles. The molecule has 0 aromatic carbocycles. The zero-order valence-corrected chi connectivity index (χ0v) is 18.4. The molecule has 4 heterocycles. The van der Waals surface area contributed by atoms with Gasteiger partial charge in [-0.05, 0) is 18.9 Å². The van der Waals surface area contributed by atoms with Gasteiger partial charge in [0.1, 0.15) is 27.4 Å². The third-order valence-electron chi connectivity index (χ3n) is 6.44. The highest BCUT2D eigenvalue weighted by molar-refractivity contribution is 7.90. The van der Waals surface area contributed by atoms with Gasteiger partial charge >= 0.3 is 0 Å². The molecular formula is C21H26N8OS. The summed E-state index contributed by atoms with van der Waals surface area (Å²) in [7, 11) is -2.45. The number of nitrogens with zero attached hydrogens (tertiary/aromatic N) is 7. The molecule has 9 nitrogen and oxygen atoms in total. The smallest absolute Gasteiger partial charge is 0.141 e. The zero-order chi connectivity index (χ0) is 21.5. The number of hydrogen-bond acceptors (Lipinski definition) is 6. The molecule has 162 valence electrons. The summed E-state index contributed by atoms with van der Waals surface area (Å²) in [5.41, 5.74) is 1.94. The maximum absolute atomic E-state index is 13.3. The van der Waals surface area contributed by atoms with Gasteiger partial charge in [-0.3, -0.25) is 4.68 Å². The van der Waals surface area contributed by atoms with Gasteiger partial charge < -0.3 is 4.98 Å². The molecule has 1 saturated heterocycles. The molecule has 3 aromatic rings. The largest absolute Gasteiger partial charge is 0.346 e. The number of nitrogens with one attached hydrogen (secondary N) is 1. The molecule has 5 rings (SSSR count). The Morgan fingerprint density at radius 1 is 1.32 bits per heavy atom. The molecule has 31 heavy (non-hydrogen) atoms.